The third-order valence-electron chi connectivity index (χ3n) is 3.15. The zero-order valence-electron chi connectivity index (χ0n) is 9.43. The molecule has 1 amide bonds. The highest BCUT2D eigenvalue weighted by Gasteiger charge is 2.51. The fourth-order valence-electron chi connectivity index (χ4n) is 1.93. The van der Waals surface area contributed by atoms with E-state index in [2.05, 4.69) is 5.43 Å². The van der Waals surface area contributed by atoms with Crippen molar-refractivity contribution in [3.63, 3.8) is 0 Å². The minimum Gasteiger partial charge on any atom is -0.293 e. The Morgan fingerprint density at radius 1 is 1.29 bits per heavy atom. The molecule has 3 N–H and O–H groups in total. The van der Waals surface area contributed by atoms with E-state index >= 15 is 0 Å². The van der Waals surface area contributed by atoms with Gasteiger partial charge in [-0.2, -0.15) is 0 Å². The second-order valence-corrected chi connectivity index (χ2v) is 6.37. The molecule has 0 aliphatic heterocycles. The zero-order chi connectivity index (χ0) is 12.7. The van der Waals surface area contributed by atoms with Crippen molar-refractivity contribution in [2.45, 2.75) is 23.2 Å². The molecule has 1 aromatic carbocycles. The lowest BCUT2D eigenvalue weighted by Crippen LogP contribution is -2.39. The first-order valence-corrected chi connectivity index (χ1v) is 7.11. The van der Waals surface area contributed by atoms with Crippen LogP contribution in [0.15, 0.2) is 29.2 Å². The number of sulfone groups is 1. The number of carbonyl (C=O) groups excluding carboxylic acids is 1. The van der Waals surface area contributed by atoms with Crippen molar-refractivity contribution >= 4 is 15.7 Å². The van der Waals surface area contributed by atoms with Crippen LogP contribution in [-0.4, -0.2) is 20.6 Å². The van der Waals surface area contributed by atoms with Crippen LogP contribution in [-0.2, 0) is 20.0 Å². The standard InChI is InChI=1S/C11H14N2O3S/c1-17(15,16)9-4-2-8(3-5-9)11(6-7-11)10(14)13-12/h2-5H,6-7,12H2,1H3,(H,13,14). The molecule has 5 nitrogen and oxygen atoms in total. The molecule has 0 atom stereocenters. The van der Waals surface area contributed by atoms with E-state index in [9.17, 15) is 13.2 Å². The van der Waals surface area contributed by atoms with Gasteiger partial charge in [0.2, 0.25) is 5.91 Å². The van der Waals surface area contributed by atoms with Crippen molar-refractivity contribution in [1.29, 1.82) is 0 Å². The van der Waals surface area contributed by atoms with Gasteiger partial charge in [-0.25, -0.2) is 14.3 Å². The molecule has 0 radical (unpaired) electrons. The summed E-state index contributed by atoms with van der Waals surface area (Å²) in [4.78, 5) is 11.9. The summed E-state index contributed by atoms with van der Waals surface area (Å²) in [6.07, 6.45) is 2.64. The van der Waals surface area contributed by atoms with Crippen LogP contribution in [0, 0.1) is 0 Å². The second kappa shape index (κ2) is 3.82. The van der Waals surface area contributed by atoms with E-state index in [-0.39, 0.29) is 10.8 Å². The van der Waals surface area contributed by atoms with Crippen molar-refractivity contribution in [3.8, 4) is 0 Å². The quantitative estimate of drug-likeness (QED) is 0.455. The zero-order valence-corrected chi connectivity index (χ0v) is 10.3. The number of carbonyl (C=O) groups is 1. The molecule has 0 unspecified atom stereocenters. The van der Waals surface area contributed by atoms with Crippen LogP contribution in [0.3, 0.4) is 0 Å². The number of benzene rings is 1. The summed E-state index contributed by atoms with van der Waals surface area (Å²) in [5.41, 5.74) is 2.42. The Morgan fingerprint density at radius 3 is 2.18 bits per heavy atom. The Kier molecular flexibility index (Phi) is 2.71. The van der Waals surface area contributed by atoms with Gasteiger partial charge in [0.25, 0.3) is 0 Å². The van der Waals surface area contributed by atoms with Gasteiger partial charge >= 0.3 is 0 Å². The van der Waals surface area contributed by atoms with Crippen molar-refractivity contribution in [2.24, 2.45) is 5.84 Å². The molecule has 0 heterocycles. The molecule has 17 heavy (non-hydrogen) atoms. The van der Waals surface area contributed by atoms with Crippen molar-refractivity contribution in [3.05, 3.63) is 29.8 Å². The van der Waals surface area contributed by atoms with E-state index in [1.807, 2.05) is 0 Å². The molecular formula is C11H14N2O3S. The molecule has 1 fully saturated rings. The lowest BCUT2D eigenvalue weighted by atomic mass is 9.95. The highest BCUT2D eigenvalue weighted by molar-refractivity contribution is 7.90. The van der Waals surface area contributed by atoms with Crippen LogP contribution >= 0.6 is 0 Å². The van der Waals surface area contributed by atoms with Crippen molar-refractivity contribution in [1.82, 2.24) is 5.43 Å². The monoisotopic (exact) mass is 254 g/mol. The molecule has 6 heteroatoms. The smallest absolute Gasteiger partial charge is 0.244 e. The average molecular weight is 254 g/mol. The predicted octanol–water partition coefficient (Wildman–Crippen LogP) is 0.112. The molecule has 0 spiro atoms. The molecular weight excluding hydrogens is 240 g/mol. The lowest BCUT2D eigenvalue weighted by molar-refractivity contribution is -0.123. The highest BCUT2D eigenvalue weighted by Crippen LogP contribution is 2.48. The first kappa shape index (κ1) is 12.1. The maximum atomic E-state index is 11.6. The van der Waals surface area contributed by atoms with Gasteiger partial charge in [-0.15, -0.1) is 0 Å². The summed E-state index contributed by atoms with van der Waals surface area (Å²) >= 11 is 0. The molecule has 92 valence electrons. The fourth-order valence-corrected chi connectivity index (χ4v) is 2.56. The number of rotatable bonds is 3. The van der Waals surface area contributed by atoms with Gasteiger partial charge in [-0.1, -0.05) is 12.1 Å². The van der Waals surface area contributed by atoms with Crippen LogP contribution in [0.5, 0.6) is 0 Å². The SMILES string of the molecule is CS(=O)(=O)c1ccc(C2(C(=O)NN)CC2)cc1. The molecule has 0 saturated heterocycles. The van der Waals surface area contributed by atoms with Gasteiger partial charge in [0.1, 0.15) is 0 Å². The summed E-state index contributed by atoms with van der Waals surface area (Å²) in [6.45, 7) is 0. The third kappa shape index (κ3) is 2.05. The topological polar surface area (TPSA) is 89.3 Å². The van der Waals surface area contributed by atoms with Crippen LogP contribution in [0.2, 0.25) is 0 Å². The van der Waals surface area contributed by atoms with Gasteiger partial charge < -0.3 is 0 Å². The molecule has 0 aromatic heterocycles. The van der Waals surface area contributed by atoms with Crippen LogP contribution in [0.25, 0.3) is 0 Å². The normalized spacial score (nSPS) is 17.5. The number of hydrazine groups is 1. The fraction of sp³-hybridized carbons (Fsp3) is 0.364. The molecule has 1 saturated carbocycles. The maximum absolute atomic E-state index is 11.6. The highest BCUT2D eigenvalue weighted by atomic mass is 32.2. The number of hydrogen-bond acceptors (Lipinski definition) is 4. The maximum Gasteiger partial charge on any atom is 0.244 e. The van der Waals surface area contributed by atoms with Gasteiger partial charge in [-0.3, -0.25) is 10.2 Å². The summed E-state index contributed by atoms with van der Waals surface area (Å²) in [7, 11) is -3.20. The van der Waals surface area contributed by atoms with E-state index in [0.717, 1.165) is 24.7 Å². The third-order valence-corrected chi connectivity index (χ3v) is 4.28. The molecule has 2 rings (SSSR count). The van der Waals surface area contributed by atoms with E-state index < -0.39 is 15.3 Å². The van der Waals surface area contributed by atoms with Crippen molar-refractivity contribution in [2.75, 3.05) is 6.26 Å². The Labute approximate surface area is 99.9 Å². The summed E-state index contributed by atoms with van der Waals surface area (Å²) < 4.78 is 22.6. The largest absolute Gasteiger partial charge is 0.293 e. The van der Waals surface area contributed by atoms with Gasteiger partial charge in [0, 0.05) is 6.26 Å². The van der Waals surface area contributed by atoms with E-state index in [1.165, 1.54) is 12.1 Å². The first-order chi connectivity index (χ1) is 7.90. The lowest BCUT2D eigenvalue weighted by Gasteiger charge is -2.13. The van der Waals surface area contributed by atoms with Crippen LogP contribution in [0.1, 0.15) is 18.4 Å². The first-order valence-electron chi connectivity index (χ1n) is 5.22. The Hall–Kier alpha value is -1.40. The number of hydrogen-bond donors (Lipinski definition) is 2. The van der Waals surface area contributed by atoms with Crippen LogP contribution in [0.4, 0.5) is 0 Å². The molecule has 1 aliphatic carbocycles. The van der Waals surface area contributed by atoms with Crippen LogP contribution < -0.4 is 11.3 Å². The van der Waals surface area contributed by atoms with E-state index in [4.69, 9.17) is 5.84 Å². The Morgan fingerprint density at radius 2 is 1.82 bits per heavy atom. The average Bonchev–Trinajstić information content (AvgIpc) is 3.08. The molecule has 1 aromatic rings. The number of nitrogens with two attached hydrogens (primary N) is 1. The summed E-state index contributed by atoms with van der Waals surface area (Å²) in [5.74, 6) is 4.92. The molecule has 0 bridgehead atoms. The summed E-state index contributed by atoms with van der Waals surface area (Å²) in [6, 6.07) is 6.40. The van der Waals surface area contributed by atoms with E-state index in [1.54, 1.807) is 12.1 Å². The second-order valence-electron chi connectivity index (χ2n) is 4.35. The van der Waals surface area contributed by atoms with Gasteiger partial charge in [-0.05, 0) is 30.5 Å². The van der Waals surface area contributed by atoms with E-state index in [0.29, 0.717) is 0 Å². The Balaban J connectivity index is 2.34. The minimum absolute atomic E-state index is 0.218. The van der Waals surface area contributed by atoms with Gasteiger partial charge in [0.15, 0.2) is 9.84 Å². The van der Waals surface area contributed by atoms with Gasteiger partial charge in [0.05, 0.1) is 10.3 Å². The number of amides is 1. The summed E-state index contributed by atoms with van der Waals surface area (Å²) in [5, 5.41) is 0. The Bertz CT molecular complexity index is 545. The number of nitrogens with one attached hydrogen (secondary N) is 1. The van der Waals surface area contributed by atoms with Crippen molar-refractivity contribution < 1.29 is 13.2 Å². The predicted molar refractivity (Wildman–Crippen MR) is 62.8 cm³/mol. The minimum atomic E-state index is -3.20. The molecule has 1 aliphatic rings.